The van der Waals surface area contributed by atoms with Gasteiger partial charge in [0, 0.05) is 37.5 Å². The Hall–Kier alpha value is -1.94. The fourth-order valence-electron chi connectivity index (χ4n) is 2.47. The van der Waals surface area contributed by atoms with Gasteiger partial charge in [0.15, 0.2) is 0 Å². The van der Waals surface area contributed by atoms with Crippen molar-refractivity contribution in [2.45, 2.75) is 26.0 Å². The maximum Gasteiger partial charge on any atom is 0.123 e. The summed E-state index contributed by atoms with van der Waals surface area (Å²) in [6.45, 7) is 3.59. The molecule has 4 heteroatoms. The van der Waals surface area contributed by atoms with Crippen LogP contribution in [-0.2, 0) is 13.0 Å². The van der Waals surface area contributed by atoms with Gasteiger partial charge in [-0.1, -0.05) is 0 Å². The number of aryl methyl sites for hydroxylation is 1. The molecule has 1 aliphatic heterocycles. The smallest absolute Gasteiger partial charge is 0.123 e. The van der Waals surface area contributed by atoms with E-state index in [1.807, 2.05) is 12.3 Å². The number of pyridine rings is 1. The third kappa shape index (κ3) is 2.80. The Balaban J connectivity index is 1.53. The van der Waals surface area contributed by atoms with Gasteiger partial charge in [0.05, 0.1) is 0 Å². The van der Waals surface area contributed by atoms with Gasteiger partial charge < -0.3 is 10.1 Å². The first-order chi connectivity index (χ1) is 9.72. The van der Waals surface area contributed by atoms with E-state index in [1.54, 1.807) is 18.3 Å². The van der Waals surface area contributed by atoms with Crippen LogP contribution in [0.1, 0.15) is 16.7 Å². The molecule has 0 radical (unpaired) electrons. The molecule has 104 valence electrons. The van der Waals surface area contributed by atoms with Crippen LogP contribution >= 0.6 is 0 Å². The second-order valence-electron chi connectivity index (χ2n) is 5.13. The van der Waals surface area contributed by atoms with Crippen molar-refractivity contribution in [3.05, 3.63) is 59.2 Å². The van der Waals surface area contributed by atoms with Crippen LogP contribution < -0.4 is 10.1 Å². The Bertz CT molecular complexity index is 615. The molecule has 2 aromatic rings. The molecule has 1 atom stereocenters. The molecule has 1 aromatic carbocycles. The van der Waals surface area contributed by atoms with E-state index in [0.717, 1.165) is 30.8 Å². The van der Waals surface area contributed by atoms with Gasteiger partial charge in [-0.25, -0.2) is 4.39 Å². The predicted molar refractivity (Wildman–Crippen MR) is 75.2 cm³/mol. The van der Waals surface area contributed by atoms with Crippen LogP contribution in [0.2, 0.25) is 0 Å². The van der Waals surface area contributed by atoms with Crippen molar-refractivity contribution in [2.75, 3.05) is 6.54 Å². The van der Waals surface area contributed by atoms with E-state index in [1.165, 1.54) is 17.2 Å². The summed E-state index contributed by atoms with van der Waals surface area (Å²) in [7, 11) is 0. The molecule has 1 aliphatic rings. The Morgan fingerprint density at radius 3 is 3.15 bits per heavy atom. The van der Waals surface area contributed by atoms with Gasteiger partial charge in [-0.15, -0.1) is 0 Å². The average Bonchev–Trinajstić information content (AvgIpc) is 2.83. The monoisotopic (exact) mass is 272 g/mol. The molecule has 0 aliphatic carbocycles. The molecule has 2 heterocycles. The molecule has 3 rings (SSSR count). The largest absolute Gasteiger partial charge is 0.488 e. The fourth-order valence-corrected chi connectivity index (χ4v) is 2.47. The number of nitrogens with zero attached hydrogens (tertiary/aromatic N) is 1. The SMILES string of the molecule is Cc1cnccc1CNCC1Cc2cc(F)ccc2O1. The van der Waals surface area contributed by atoms with E-state index in [2.05, 4.69) is 17.2 Å². The summed E-state index contributed by atoms with van der Waals surface area (Å²) in [5.74, 6) is 0.603. The molecule has 1 N–H and O–H groups in total. The molecular weight excluding hydrogens is 255 g/mol. The van der Waals surface area contributed by atoms with Crippen LogP contribution in [0, 0.1) is 12.7 Å². The molecule has 0 fully saturated rings. The van der Waals surface area contributed by atoms with Crippen LogP contribution in [0.4, 0.5) is 4.39 Å². The van der Waals surface area contributed by atoms with Crippen LogP contribution in [0.5, 0.6) is 5.75 Å². The Labute approximate surface area is 117 Å². The van der Waals surface area contributed by atoms with Gasteiger partial charge in [0.1, 0.15) is 17.7 Å². The second kappa shape index (κ2) is 5.59. The number of halogens is 1. The number of fused-ring (bicyclic) bond motifs is 1. The van der Waals surface area contributed by atoms with Crippen molar-refractivity contribution in [3.8, 4) is 5.75 Å². The molecule has 0 saturated carbocycles. The third-order valence-electron chi connectivity index (χ3n) is 3.59. The minimum Gasteiger partial charge on any atom is -0.488 e. The van der Waals surface area contributed by atoms with Crippen molar-refractivity contribution in [1.82, 2.24) is 10.3 Å². The highest BCUT2D eigenvalue weighted by atomic mass is 19.1. The molecule has 0 saturated heterocycles. The van der Waals surface area contributed by atoms with Crippen LogP contribution in [0.25, 0.3) is 0 Å². The summed E-state index contributed by atoms with van der Waals surface area (Å²) in [5, 5.41) is 3.39. The zero-order valence-electron chi connectivity index (χ0n) is 11.4. The summed E-state index contributed by atoms with van der Waals surface area (Å²) < 4.78 is 18.9. The highest BCUT2D eigenvalue weighted by molar-refractivity contribution is 5.38. The van der Waals surface area contributed by atoms with Crippen LogP contribution in [-0.4, -0.2) is 17.6 Å². The lowest BCUT2D eigenvalue weighted by molar-refractivity contribution is 0.227. The average molecular weight is 272 g/mol. The van der Waals surface area contributed by atoms with E-state index in [-0.39, 0.29) is 11.9 Å². The van der Waals surface area contributed by atoms with Crippen molar-refractivity contribution in [2.24, 2.45) is 0 Å². The third-order valence-corrected chi connectivity index (χ3v) is 3.59. The lowest BCUT2D eigenvalue weighted by atomic mass is 10.1. The quantitative estimate of drug-likeness (QED) is 0.929. The standard InChI is InChI=1S/C16H17FN2O/c1-11-8-18-5-4-12(11)9-19-10-15-7-13-6-14(17)2-3-16(13)20-15/h2-6,8,15,19H,7,9-10H2,1H3. The topological polar surface area (TPSA) is 34.2 Å². The van der Waals surface area contributed by atoms with E-state index in [4.69, 9.17) is 4.74 Å². The van der Waals surface area contributed by atoms with Gasteiger partial charge in [-0.05, 0) is 42.3 Å². The van der Waals surface area contributed by atoms with Gasteiger partial charge in [-0.2, -0.15) is 0 Å². The van der Waals surface area contributed by atoms with E-state index >= 15 is 0 Å². The number of hydrogen-bond donors (Lipinski definition) is 1. The van der Waals surface area contributed by atoms with Crippen LogP contribution in [0.15, 0.2) is 36.7 Å². The Morgan fingerprint density at radius 1 is 1.40 bits per heavy atom. The molecule has 0 bridgehead atoms. The number of ether oxygens (including phenoxy) is 1. The maximum atomic E-state index is 13.1. The maximum absolute atomic E-state index is 13.1. The van der Waals surface area contributed by atoms with Crippen molar-refractivity contribution >= 4 is 0 Å². The van der Waals surface area contributed by atoms with Crippen molar-refractivity contribution in [3.63, 3.8) is 0 Å². The van der Waals surface area contributed by atoms with E-state index in [0.29, 0.717) is 0 Å². The first kappa shape index (κ1) is 13.1. The summed E-state index contributed by atoms with van der Waals surface area (Å²) >= 11 is 0. The van der Waals surface area contributed by atoms with E-state index in [9.17, 15) is 4.39 Å². The molecule has 3 nitrogen and oxygen atoms in total. The zero-order valence-corrected chi connectivity index (χ0v) is 11.4. The Morgan fingerprint density at radius 2 is 2.30 bits per heavy atom. The minimum absolute atomic E-state index is 0.0777. The fraction of sp³-hybridized carbons (Fsp3) is 0.312. The number of hydrogen-bond acceptors (Lipinski definition) is 3. The normalized spacial score (nSPS) is 16.8. The van der Waals surface area contributed by atoms with Gasteiger partial charge in [-0.3, -0.25) is 4.98 Å². The highest BCUT2D eigenvalue weighted by Gasteiger charge is 2.22. The first-order valence-corrected chi connectivity index (χ1v) is 6.77. The molecule has 1 aromatic heterocycles. The van der Waals surface area contributed by atoms with Crippen LogP contribution in [0.3, 0.4) is 0 Å². The lowest BCUT2D eigenvalue weighted by Gasteiger charge is -2.12. The molecule has 20 heavy (non-hydrogen) atoms. The summed E-state index contributed by atoms with van der Waals surface area (Å²) in [6.07, 6.45) is 4.50. The molecular formula is C16H17FN2O. The molecule has 0 amide bonds. The van der Waals surface area contributed by atoms with E-state index < -0.39 is 0 Å². The lowest BCUT2D eigenvalue weighted by Crippen LogP contribution is -2.29. The zero-order chi connectivity index (χ0) is 13.9. The summed E-state index contributed by atoms with van der Waals surface area (Å²) in [5.41, 5.74) is 3.37. The van der Waals surface area contributed by atoms with Crippen molar-refractivity contribution in [1.29, 1.82) is 0 Å². The number of nitrogens with one attached hydrogen (secondary N) is 1. The van der Waals surface area contributed by atoms with Gasteiger partial charge in [0.2, 0.25) is 0 Å². The first-order valence-electron chi connectivity index (χ1n) is 6.77. The Kier molecular flexibility index (Phi) is 3.65. The number of aromatic nitrogens is 1. The summed E-state index contributed by atoms with van der Waals surface area (Å²) in [4.78, 5) is 4.08. The number of rotatable bonds is 4. The van der Waals surface area contributed by atoms with Crippen molar-refractivity contribution < 1.29 is 9.13 Å². The number of benzene rings is 1. The minimum atomic E-state index is -0.201. The second-order valence-corrected chi connectivity index (χ2v) is 5.13. The summed E-state index contributed by atoms with van der Waals surface area (Å²) in [6, 6.07) is 6.72. The highest BCUT2D eigenvalue weighted by Crippen LogP contribution is 2.28. The molecule has 1 unspecified atom stereocenters. The van der Waals surface area contributed by atoms with Gasteiger partial charge in [0.25, 0.3) is 0 Å². The van der Waals surface area contributed by atoms with Gasteiger partial charge >= 0.3 is 0 Å². The molecule has 0 spiro atoms. The predicted octanol–water partition coefficient (Wildman–Crippen LogP) is 2.62.